The Morgan fingerprint density at radius 2 is 1.88 bits per heavy atom. The van der Waals surface area contributed by atoms with Gasteiger partial charge >= 0.3 is 12.3 Å². The van der Waals surface area contributed by atoms with Crippen molar-refractivity contribution in [2.45, 2.75) is 11.1 Å². The summed E-state index contributed by atoms with van der Waals surface area (Å²) in [5.41, 5.74) is -1.32. The number of alkyl halides is 3. The smallest absolute Gasteiger partial charge is 0.406 e. The van der Waals surface area contributed by atoms with Crippen LogP contribution in [0.3, 0.4) is 0 Å². The Morgan fingerprint density at radius 3 is 2.50 bits per heavy atom. The summed E-state index contributed by atoms with van der Waals surface area (Å²) in [6.45, 7) is -0.597. The summed E-state index contributed by atoms with van der Waals surface area (Å²) in [6.07, 6.45) is -5.47. The number of nitrogens with zero attached hydrogens (tertiary/aromatic N) is 2. The van der Waals surface area contributed by atoms with E-state index in [2.05, 4.69) is 10.4 Å². The van der Waals surface area contributed by atoms with Gasteiger partial charge < -0.3 is 9.84 Å². The van der Waals surface area contributed by atoms with Crippen molar-refractivity contribution < 1.29 is 36.2 Å². The van der Waals surface area contributed by atoms with E-state index in [9.17, 15) is 26.4 Å². The fourth-order valence-electron chi connectivity index (χ4n) is 2.69. The number of aliphatic hydroxyl groups excluding tert-OH is 1. The summed E-state index contributed by atoms with van der Waals surface area (Å²) in [4.78, 5) is 12.0. The minimum atomic E-state index is -4.91. The van der Waals surface area contributed by atoms with Crippen molar-refractivity contribution in [1.29, 1.82) is 0 Å². The SMILES string of the molecule is O=C(Nc1cccc(S(=O)(=O)CCO)c1)Oc1cnn(-c2ccc(Cl)cc2)c1C(F)(F)F. The molecule has 0 spiro atoms. The number of aromatic nitrogens is 2. The lowest BCUT2D eigenvalue weighted by Gasteiger charge is -2.13. The highest BCUT2D eigenvalue weighted by molar-refractivity contribution is 7.91. The third kappa shape index (κ3) is 5.39. The van der Waals surface area contributed by atoms with Gasteiger partial charge in [0.2, 0.25) is 0 Å². The van der Waals surface area contributed by atoms with Crippen LogP contribution in [-0.2, 0) is 16.0 Å². The molecule has 170 valence electrons. The number of halogens is 4. The Balaban J connectivity index is 1.85. The lowest BCUT2D eigenvalue weighted by molar-refractivity contribution is -0.143. The topological polar surface area (TPSA) is 111 Å². The van der Waals surface area contributed by atoms with Gasteiger partial charge in [0.15, 0.2) is 21.3 Å². The van der Waals surface area contributed by atoms with Crippen molar-refractivity contribution in [3.05, 3.63) is 65.4 Å². The van der Waals surface area contributed by atoms with E-state index in [4.69, 9.17) is 21.4 Å². The van der Waals surface area contributed by atoms with Crippen LogP contribution >= 0.6 is 11.6 Å². The van der Waals surface area contributed by atoms with Crippen LogP contribution in [0.1, 0.15) is 5.69 Å². The molecule has 0 saturated carbocycles. The number of benzene rings is 2. The van der Waals surface area contributed by atoms with E-state index in [1.165, 1.54) is 42.5 Å². The second kappa shape index (κ2) is 9.18. The number of nitrogens with one attached hydrogen (secondary N) is 1. The quantitative estimate of drug-likeness (QED) is 0.543. The van der Waals surface area contributed by atoms with Crippen LogP contribution in [0.4, 0.5) is 23.7 Å². The van der Waals surface area contributed by atoms with Gasteiger partial charge in [-0.2, -0.15) is 18.3 Å². The number of ether oxygens (including phenoxy) is 1. The molecule has 32 heavy (non-hydrogen) atoms. The summed E-state index contributed by atoms with van der Waals surface area (Å²) in [5, 5.41) is 15.0. The Bertz CT molecular complexity index is 1230. The summed E-state index contributed by atoms with van der Waals surface area (Å²) in [6, 6.07) is 10.4. The molecule has 2 aromatic carbocycles. The van der Waals surface area contributed by atoms with Crippen LogP contribution < -0.4 is 10.1 Å². The van der Waals surface area contributed by atoms with Crippen LogP contribution in [0.2, 0.25) is 5.02 Å². The van der Waals surface area contributed by atoms with Crippen LogP contribution in [0.5, 0.6) is 5.75 Å². The van der Waals surface area contributed by atoms with Crippen LogP contribution in [0.25, 0.3) is 5.69 Å². The molecule has 0 aliphatic carbocycles. The molecule has 0 unspecified atom stereocenters. The molecule has 0 fully saturated rings. The third-order valence-corrected chi connectivity index (χ3v) is 6.02. The van der Waals surface area contributed by atoms with Crippen molar-refractivity contribution in [2.75, 3.05) is 17.7 Å². The van der Waals surface area contributed by atoms with Gasteiger partial charge in [-0.1, -0.05) is 17.7 Å². The molecule has 0 aliphatic heterocycles. The van der Waals surface area contributed by atoms with Crippen LogP contribution in [0.15, 0.2) is 59.6 Å². The van der Waals surface area contributed by atoms with Gasteiger partial charge in [-0.3, -0.25) is 5.32 Å². The summed E-state index contributed by atoms with van der Waals surface area (Å²) >= 11 is 5.76. The number of hydrogen-bond donors (Lipinski definition) is 2. The standard InChI is InChI=1S/C19H15ClF3N3O5S/c20-12-4-6-14(7-5-12)26-17(19(21,22)23)16(11-24-26)31-18(28)25-13-2-1-3-15(10-13)32(29,30)9-8-27/h1-7,10-11,27H,8-9H2,(H,25,28). The number of amides is 1. The van der Waals surface area contributed by atoms with Gasteiger partial charge in [0, 0.05) is 10.7 Å². The fraction of sp³-hybridized carbons (Fsp3) is 0.158. The number of carbonyl (C=O) groups is 1. The maximum Gasteiger partial charge on any atom is 0.437 e. The molecule has 0 saturated heterocycles. The second-order valence-corrected chi connectivity index (χ2v) is 8.87. The predicted molar refractivity (Wildman–Crippen MR) is 109 cm³/mol. The molecule has 1 heterocycles. The van der Waals surface area contributed by atoms with Gasteiger partial charge in [-0.05, 0) is 42.5 Å². The molecule has 0 bridgehead atoms. The zero-order valence-corrected chi connectivity index (χ0v) is 17.6. The number of aliphatic hydroxyl groups is 1. The molecular weight excluding hydrogens is 475 g/mol. The van der Waals surface area contributed by atoms with Gasteiger partial charge in [0.1, 0.15) is 0 Å². The minimum Gasteiger partial charge on any atom is -0.406 e. The van der Waals surface area contributed by atoms with Gasteiger partial charge in [0.05, 0.1) is 29.1 Å². The van der Waals surface area contributed by atoms with E-state index in [0.29, 0.717) is 9.70 Å². The van der Waals surface area contributed by atoms with Crippen LogP contribution in [0, 0.1) is 0 Å². The number of carbonyl (C=O) groups excluding carboxylic acids is 1. The molecule has 0 atom stereocenters. The largest absolute Gasteiger partial charge is 0.437 e. The summed E-state index contributed by atoms with van der Waals surface area (Å²) < 4.78 is 70.4. The zero-order chi connectivity index (χ0) is 23.5. The molecule has 2 N–H and O–H groups in total. The van der Waals surface area contributed by atoms with Crippen molar-refractivity contribution >= 4 is 33.2 Å². The molecule has 1 amide bonds. The molecule has 0 radical (unpaired) electrons. The second-order valence-electron chi connectivity index (χ2n) is 6.33. The molecule has 3 rings (SSSR count). The highest BCUT2D eigenvalue weighted by Gasteiger charge is 2.40. The number of rotatable bonds is 6. The van der Waals surface area contributed by atoms with Crippen molar-refractivity contribution in [3.63, 3.8) is 0 Å². The lowest BCUT2D eigenvalue weighted by atomic mass is 10.3. The van der Waals surface area contributed by atoms with Gasteiger partial charge in [-0.25, -0.2) is 17.9 Å². The van der Waals surface area contributed by atoms with E-state index in [1.54, 1.807) is 0 Å². The molecule has 3 aromatic rings. The molecule has 8 nitrogen and oxygen atoms in total. The van der Waals surface area contributed by atoms with E-state index < -0.39 is 45.9 Å². The zero-order valence-electron chi connectivity index (χ0n) is 16.0. The molecule has 0 aliphatic rings. The first kappa shape index (κ1) is 23.6. The third-order valence-electron chi connectivity index (χ3n) is 4.08. The number of anilines is 1. The first-order valence-electron chi connectivity index (χ1n) is 8.85. The first-order valence-corrected chi connectivity index (χ1v) is 10.9. The maximum atomic E-state index is 13.7. The highest BCUT2D eigenvalue weighted by Crippen LogP contribution is 2.38. The highest BCUT2D eigenvalue weighted by atomic mass is 35.5. The van der Waals surface area contributed by atoms with Gasteiger partial charge in [-0.15, -0.1) is 0 Å². The van der Waals surface area contributed by atoms with Crippen molar-refractivity contribution in [2.24, 2.45) is 0 Å². The average molecular weight is 490 g/mol. The maximum absolute atomic E-state index is 13.7. The van der Waals surface area contributed by atoms with E-state index in [1.807, 2.05) is 0 Å². The monoisotopic (exact) mass is 489 g/mol. The van der Waals surface area contributed by atoms with Crippen molar-refractivity contribution in [3.8, 4) is 11.4 Å². The molecule has 13 heteroatoms. The Labute approximate surface area is 185 Å². The normalized spacial score (nSPS) is 11.9. The Morgan fingerprint density at radius 1 is 1.19 bits per heavy atom. The lowest BCUT2D eigenvalue weighted by Crippen LogP contribution is -2.20. The van der Waals surface area contributed by atoms with Crippen LogP contribution in [-0.4, -0.2) is 41.8 Å². The molecular formula is C19H15ClF3N3O5S. The van der Waals surface area contributed by atoms with E-state index in [0.717, 1.165) is 12.3 Å². The summed E-state index contributed by atoms with van der Waals surface area (Å²) in [5.74, 6) is -1.38. The number of hydrogen-bond acceptors (Lipinski definition) is 6. The Kier molecular flexibility index (Phi) is 6.77. The predicted octanol–water partition coefficient (Wildman–Crippen LogP) is 3.92. The van der Waals surface area contributed by atoms with Crippen molar-refractivity contribution in [1.82, 2.24) is 9.78 Å². The molecule has 1 aromatic heterocycles. The number of sulfone groups is 1. The average Bonchev–Trinajstić information content (AvgIpc) is 3.12. The van der Waals surface area contributed by atoms with Gasteiger partial charge in [0.25, 0.3) is 0 Å². The summed E-state index contributed by atoms with van der Waals surface area (Å²) in [7, 11) is -3.80. The van der Waals surface area contributed by atoms with E-state index in [-0.39, 0.29) is 16.3 Å². The Hall–Kier alpha value is -3.09. The fourth-order valence-corrected chi connectivity index (χ4v) is 3.89. The first-order chi connectivity index (χ1) is 15.0. The minimum absolute atomic E-state index is 0.0346. The van der Waals surface area contributed by atoms with E-state index >= 15 is 0 Å².